The number of ether oxygens (including phenoxy) is 1. The zero-order chi connectivity index (χ0) is 14.2. The van der Waals surface area contributed by atoms with Crippen LogP contribution in [0.3, 0.4) is 0 Å². The van der Waals surface area contributed by atoms with Gasteiger partial charge in [-0.15, -0.1) is 0 Å². The van der Waals surface area contributed by atoms with E-state index in [1.807, 2.05) is 0 Å². The van der Waals surface area contributed by atoms with Gasteiger partial charge in [-0.2, -0.15) is 0 Å². The van der Waals surface area contributed by atoms with Crippen LogP contribution in [-0.4, -0.2) is 18.0 Å². The Bertz CT molecular complexity index is 554. The quantitative estimate of drug-likeness (QED) is 0.906. The van der Waals surface area contributed by atoms with E-state index < -0.39 is 11.6 Å². The minimum Gasteiger partial charge on any atom is -0.502 e. The van der Waals surface area contributed by atoms with Crippen LogP contribution in [0, 0.1) is 11.7 Å². The van der Waals surface area contributed by atoms with Crippen molar-refractivity contribution in [3.05, 3.63) is 34.6 Å². The molecule has 0 bridgehead atoms. The van der Waals surface area contributed by atoms with Crippen molar-refractivity contribution in [2.75, 3.05) is 7.11 Å². The molecule has 2 atom stereocenters. The van der Waals surface area contributed by atoms with Gasteiger partial charge in [0, 0.05) is 23.3 Å². The zero-order valence-corrected chi connectivity index (χ0v) is 11.4. The van der Waals surface area contributed by atoms with Crippen LogP contribution in [0.15, 0.2) is 23.2 Å². The second kappa shape index (κ2) is 5.21. The molecule has 1 aliphatic carbocycles. The number of phenolic OH excluding ortho intramolecular Hbond substituents is 1. The highest BCUT2D eigenvalue weighted by molar-refractivity contribution is 6.31. The number of phenols is 1. The van der Waals surface area contributed by atoms with Crippen molar-refractivity contribution < 1.29 is 19.0 Å². The summed E-state index contributed by atoms with van der Waals surface area (Å²) in [5.74, 6) is -1.83. The molecule has 0 aromatic heterocycles. The van der Waals surface area contributed by atoms with Gasteiger partial charge in [-0.05, 0) is 17.7 Å². The van der Waals surface area contributed by atoms with E-state index in [1.165, 1.54) is 19.2 Å². The Morgan fingerprint density at radius 2 is 2.16 bits per heavy atom. The molecule has 0 fully saturated rings. The van der Waals surface area contributed by atoms with E-state index in [-0.39, 0.29) is 29.8 Å². The van der Waals surface area contributed by atoms with E-state index in [2.05, 4.69) is 0 Å². The molecule has 1 N–H and O–H groups in total. The van der Waals surface area contributed by atoms with Gasteiger partial charge < -0.3 is 9.84 Å². The minimum atomic E-state index is -0.774. The van der Waals surface area contributed by atoms with Crippen LogP contribution in [0.5, 0.6) is 11.5 Å². The van der Waals surface area contributed by atoms with Gasteiger partial charge in [-0.3, -0.25) is 4.79 Å². The number of carbonyl (C=O) groups is 1. The van der Waals surface area contributed by atoms with Crippen molar-refractivity contribution in [3.8, 4) is 11.5 Å². The van der Waals surface area contributed by atoms with Crippen LogP contribution < -0.4 is 4.74 Å². The van der Waals surface area contributed by atoms with Gasteiger partial charge in [0.2, 0.25) is 0 Å². The number of rotatable bonds is 2. The molecule has 19 heavy (non-hydrogen) atoms. The monoisotopic (exact) mass is 284 g/mol. The highest BCUT2D eigenvalue weighted by Crippen LogP contribution is 2.39. The number of hydrogen-bond acceptors (Lipinski definition) is 3. The van der Waals surface area contributed by atoms with Crippen LogP contribution in [-0.2, 0) is 4.79 Å². The first-order chi connectivity index (χ1) is 8.93. The molecular weight excluding hydrogens is 271 g/mol. The standard InChI is InChI=1S/C14H14ClFO3/c1-7-10(5-9(15)6-12(7)17)8-3-11(16)14(18)13(4-8)19-2/h3-5,7,10,18H,6H2,1-2H3. The average molecular weight is 285 g/mol. The summed E-state index contributed by atoms with van der Waals surface area (Å²) < 4.78 is 18.6. The van der Waals surface area contributed by atoms with Crippen LogP contribution in [0.1, 0.15) is 24.8 Å². The van der Waals surface area contributed by atoms with Gasteiger partial charge in [0.25, 0.3) is 0 Å². The zero-order valence-electron chi connectivity index (χ0n) is 10.6. The van der Waals surface area contributed by atoms with Crippen molar-refractivity contribution in [1.29, 1.82) is 0 Å². The Labute approximate surface area is 115 Å². The van der Waals surface area contributed by atoms with Crippen LogP contribution in [0.2, 0.25) is 0 Å². The molecule has 1 aliphatic rings. The van der Waals surface area contributed by atoms with E-state index >= 15 is 0 Å². The van der Waals surface area contributed by atoms with Crippen molar-refractivity contribution in [2.24, 2.45) is 5.92 Å². The third-order valence-electron chi connectivity index (χ3n) is 3.41. The van der Waals surface area contributed by atoms with Crippen molar-refractivity contribution in [2.45, 2.75) is 19.3 Å². The number of halogens is 2. The summed E-state index contributed by atoms with van der Waals surface area (Å²) in [4.78, 5) is 11.8. The summed E-state index contributed by atoms with van der Waals surface area (Å²) in [7, 11) is 1.34. The fourth-order valence-electron chi connectivity index (χ4n) is 2.25. The summed E-state index contributed by atoms with van der Waals surface area (Å²) in [6.07, 6.45) is 1.97. The molecule has 0 saturated heterocycles. The Kier molecular flexibility index (Phi) is 3.80. The number of methoxy groups -OCH3 is 1. The Balaban J connectivity index is 2.49. The maximum absolute atomic E-state index is 13.6. The summed E-state index contributed by atoms with van der Waals surface area (Å²) >= 11 is 5.93. The normalized spacial score (nSPS) is 23.2. The molecule has 0 amide bonds. The Hall–Kier alpha value is -1.55. The third-order valence-corrected chi connectivity index (χ3v) is 3.67. The summed E-state index contributed by atoms with van der Waals surface area (Å²) in [5.41, 5.74) is 0.561. The molecule has 0 aliphatic heterocycles. The Morgan fingerprint density at radius 1 is 1.47 bits per heavy atom. The maximum atomic E-state index is 13.6. The van der Waals surface area contributed by atoms with Crippen LogP contribution >= 0.6 is 11.6 Å². The van der Waals surface area contributed by atoms with E-state index in [0.717, 1.165) is 0 Å². The number of benzene rings is 1. The fourth-order valence-corrected chi connectivity index (χ4v) is 2.52. The molecule has 0 saturated carbocycles. The second-order valence-electron chi connectivity index (χ2n) is 4.62. The smallest absolute Gasteiger partial charge is 0.194 e. The third kappa shape index (κ3) is 2.59. The summed E-state index contributed by atoms with van der Waals surface area (Å²) in [6, 6.07) is 2.73. The second-order valence-corrected chi connectivity index (χ2v) is 5.11. The SMILES string of the molecule is COc1cc(C2C=C(Cl)CC(=O)C2C)cc(F)c1O. The van der Waals surface area contributed by atoms with Gasteiger partial charge in [-0.25, -0.2) is 4.39 Å². The van der Waals surface area contributed by atoms with Crippen molar-refractivity contribution >= 4 is 17.4 Å². The van der Waals surface area contributed by atoms with E-state index in [1.54, 1.807) is 13.0 Å². The van der Waals surface area contributed by atoms with Gasteiger partial charge in [0.05, 0.1) is 7.11 Å². The first-order valence-electron chi connectivity index (χ1n) is 5.89. The molecular formula is C14H14ClFO3. The lowest BCUT2D eigenvalue weighted by atomic mass is 9.80. The number of ketones is 1. The minimum absolute atomic E-state index is 0.0185. The lowest BCUT2D eigenvalue weighted by Crippen LogP contribution is -2.22. The summed E-state index contributed by atoms with van der Waals surface area (Å²) in [6.45, 7) is 1.78. The predicted octanol–water partition coefficient (Wildman–Crippen LogP) is 3.36. The van der Waals surface area contributed by atoms with Gasteiger partial charge in [0.15, 0.2) is 17.3 Å². The fraction of sp³-hybridized carbons (Fsp3) is 0.357. The number of hydrogen-bond donors (Lipinski definition) is 1. The largest absolute Gasteiger partial charge is 0.502 e. The molecule has 1 aromatic carbocycles. The lowest BCUT2D eigenvalue weighted by molar-refractivity contribution is -0.122. The van der Waals surface area contributed by atoms with Crippen LogP contribution in [0.25, 0.3) is 0 Å². The molecule has 0 heterocycles. The van der Waals surface area contributed by atoms with E-state index in [4.69, 9.17) is 16.3 Å². The van der Waals surface area contributed by atoms with Crippen molar-refractivity contribution in [3.63, 3.8) is 0 Å². The summed E-state index contributed by atoms with van der Waals surface area (Å²) in [5, 5.41) is 9.94. The number of carbonyl (C=O) groups excluding carboxylic acids is 1. The molecule has 2 rings (SSSR count). The number of allylic oxidation sites excluding steroid dienone is 2. The van der Waals surface area contributed by atoms with Gasteiger partial charge in [-0.1, -0.05) is 24.6 Å². The first kappa shape index (κ1) is 13.9. The first-order valence-corrected chi connectivity index (χ1v) is 6.27. The molecule has 0 radical (unpaired) electrons. The van der Waals surface area contributed by atoms with E-state index in [9.17, 15) is 14.3 Å². The molecule has 102 valence electrons. The Morgan fingerprint density at radius 3 is 2.79 bits per heavy atom. The molecule has 5 heteroatoms. The lowest BCUT2D eigenvalue weighted by Gasteiger charge is -2.25. The maximum Gasteiger partial charge on any atom is 0.194 e. The topological polar surface area (TPSA) is 46.5 Å². The molecule has 0 spiro atoms. The highest BCUT2D eigenvalue weighted by Gasteiger charge is 2.30. The number of aromatic hydroxyl groups is 1. The average Bonchev–Trinajstić information content (AvgIpc) is 2.37. The molecule has 2 unspecified atom stereocenters. The van der Waals surface area contributed by atoms with Crippen LogP contribution in [0.4, 0.5) is 4.39 Å². The molecule has 1 aromatic rings. The van der Waals surface area contributed by atoms with Gasteiger partial charge in [0.1, 0.15) is 5.78 Å². The van der Waals surface area contributed by atoms with Crippen molar-refractivity contribution in [1.82, 2.24) is 0 Å². The number of Topliss-reactive ketones (excluding diaryl/α,β-unsaturated/α-hetero) is 1. The predicted molar refractivity (Wildman–Crippen MR) is 70.1 cm³/mol. The highest BCUT2D eigenvalue weighted by atomic mass is 35.5. The molecule has 3 nitrogen and oxygen atoms in total. The van der Waals surface area contributed by atoms with Gasteiger partial charge >= 0.3 is 0 Å². The van der Waals surface area contributed by atoms with E-state index in [0.29, 0.717) is 10.6 Å².